The van der Waals surface area contributed by atoms with Crippen LogP contribution in [-0.4, -0.2) is 50.8 Å². The van der Waals surface area contributed by atoms with Gasteiger partial charge in [0, 0.05) is 19.7 Å². The summed E-state index contributed by atoms with van der Waals surface area (Å²) in [6, 6.07) is 0. The molecule has 16 heavy (non-hydrogen) atoms. The predicted molar refractivity (Wildman–Crippen MR) is 68.8 cm³/mol. The van der Waals surface area contributed by atoms with Crippen LogP contribution in [0.2, 0.25) is 0 Å². The molecule has 0 aromatic rings. The molecule has 1 saturated heterocycles. The van der Waals surface area contributed by atoms with Gasteiger partial charge in [0.1, 0.15) is 0 Å². The van der Waals surface area contributed by atoms with E-state index >= 15 is 0 Å². The Balaban J connectivity index is 1.94. The molecule has 1 unspecified atom stereocenters. The van der Waals surface area contributed by atoms with Crippen LogP contribution in [0, 0.1) is 5.92 Å². The first-order chi connectivity index (χ1) is 7.86. The second kappa shape index (κ2) is 8.97. The standard InChI is InChI=1S/C13H28N2O/c1-3-5-9-16-10-8-15-7-6-13(12-15)11-14-4-2/h13-14H,3-12H2,1-2H3. The van der Waals surface area contributed by atoms with Crippen LogP contribution in [0.25, 0.3) is 0 Å². The maximum Gasteiger partial charge on any atom is 0.0593 e. The summed E-state index contributed by atoms with van der Waals surface area (Å²) in [5.41, 5.74) is 0. The van der Waals surface area contributed by atoms with Gasteiger partial charge >= 0.3 is 0 Å². The van der Waals surface area contributed by atoms with Gasteiger partial charge in [-0.1, -0.05) is 20.3 Å². The van der Waals surface area contributed by atoms with Gasteiger partial charge in [-0.25, -0.2) is 0 Å². The average Bonchev–Trinajstić information content (AvgIpc) is 2.74. The van der Waals surface area contributed by atoms with Crippen molar-refractivity contribution < 1.29 is 4.74 Å². The van der Waals surface area contributed by atoms with Crippen LogP contribution in [0.15, 0.2) is 0 Å². The monoisotopic (exact) mass is 228 g/mol. The molecule has 96 valence electrons. The van der Waals surface area contributed by atoms with Crippen molar-refractivity contribution in [2.45, 2.75) is 33.1 Å². The molecule has 1 fully saturated rings. The van der Waals surface area contributed by atoms with Crippen molar-refractivity contribution >= 4 is 0 Å². The summed E-state index contributed by atoms with van der Waals surface area (Å²) in [6.45, 7) is 12.1. The van der Waals surface area contributed by atoms with Crippen molar-refractivity contribution in [2.24, 2.45) is 5.92 Å². The van der Waals surface area contributed by atoms with E-state index in [1.807, 2.05) is 0 Å². The van der Waals surface area contributed by atoms with Crippen LogP contribution < -0.4 is 5.32 Å². The Morgan fingerprint density at radius 2 is 2.19 bits per heavy atom. The van der Waals surface area contributed by atoms with Gasteiger partial charge in [0.2, 0.25) is 0 Å². The van der Waals surface area contributed by atoms with Crippen molar-refractivity contribution in [3.05, 3.63) is 0 Å². The van der Waals surface area contributed by atoms with Gasteiger partial charge in [0.25, 0.3) is 0 Å². The van der Waals surface area contributed by atoms with E-state index in [-0.39, 0.29) is 0 Å². The summed E-state index contributed by atoms with van der Waals surface area (Å²) in [7, 11) is 0. The summed E-state index contributed by atoms with van der Waals surface area (Å²) in [4.78, 5) is 2.54. The Bertz CT molecular complexity index is 164. The lowest BCUT2D eigenvalue weighted by Gasteiger charge is -2.16. The minimum Gasteiger partial charge on any atom is -0.380 e. The molecule has 0 radical (unpaired) electrons. The van der Waals surface area contributed by atoms with Gasteiger partial charge in [-0.15, -0.1) is 0 Å². The molecule has 0 saturated carbocycles. The molecular weight excluding hydrogens is 200 g/mol. The van der Waals surface area contributed by atoms with Crippen molar-refractivity contribution in [1.82, 2.24) is 10.2 Å². The number of rotatable bonds is 9. The molecule has 0 aliphatic carbocycles. The first-order valence-corrected chi connectivity index (χ1v) is 6.87. The highest BCUT2D eigenvalue weighted by Crippen LogP contribution is 2.14. The molecule has 0 bridgehead atoms. The SMILES string of the molecule is CCCCOCCN1CCC(CNCC)C1. The third-order valence-electron chi connectivity index (χ3n) is 3.25. The topological polar surface area (TPSA) is 24.5 Å². The van der Waals surface area contributed by atoms with E-state index in [2.05, 4.69) is 24.1 Å². The molecule has 1 aliphatic heterocycles. The first-order valence-electron chi connectivity index (χ1n) is 6.87. The smallest absolute Gasteiger partial charge is 0.0593 e. The fraction of sp³-hybridized carbons (Fsp3) is 1.00. The quantitative estimate of drug-likeness (QED) is 0.608. The molecule has 1 atom stereocenters. The third-order valence-corrected chi connectivity index (χ3v) is 3.25. The molecule has 3 heteroatoms. The molecule has 0 aromatic heterocycles. The highest BCUT2D eigenvalue weighted by atomic mass is 16.5. The van der Waals surface area contributed by atoms with E-state index in [1.165, 1.54) is 38.9 Å². The van der Waals surface area contributed by atoms with Gasteiger partial charge in [0.15, 0.2) is 0 Å². The maximum atomic E-state index is 5.60. The van der Waals surface area contributed by atoms with E-state index in [4.69, 9.17) is 4.74 Å². The first kappa shape index (κ1) is 13.9. The predicted octanol–water partition coefficient (Wildman–Crippen LogP) is 1.73. The molecule has 1 heterocycles. The van der Waals surface area contributed by atoms with Crippen LogP contribution in [0.1, 0.15) is 33.1 Å². The fourth-order valence-electron chi connectivity index (χ4n) is 2.17. The van der Waals surface area contributed by atoms with Crippen molar-refractivity contribution in [1.29, 1.82) is 0 Å². The lowest BCUT2D eigenvalue weighted by molar-refractivity contribution is 0.108. The number of hydrogen-bond donors (Lipinski definition) is 1. The minimum atomic E-state index is 0.857. The summed E-state index contributed by atoms with van der Waals surface area (Å²) >= 11 is 0. The zero-order valence-electron chi connectivity index (χ0n) is 11.0. The normalized spacial score (nSPS) is 21.8. The highest BCUT2D eigenvalue weighted by molar-refractivity contribution is 4.76. The zero-order valence-corrected chi connectivity index (χ0v) is 11.0. The lowest BCUT2D eigenvalue weighted by atomic mass is 10.1. The van der Waals surface area contributed by atoms with Gasteiger partial charge in [-0.3, -0.25) is 0 Å². The Kier molecular flexibility index (Phi) is 7.81. The third kappa shape index (κ3) is 5.83. The summed E-state index contributed by atoms with van der Waals surface area (Å²) < 4.78 is 5.60. The summed E-state index contributed by atoms with van der Waals surface area (Å²) in [5.74, 6) is 0.857. The molecule has 0 aromatic carbocycles. The van der Waals surface area contributed by atoms with E-state index in [0.717, 1.165) is 32.2 Å². The molecule has 0 amide bonds. The Morgan fingerprint density at radius 3 is 2.94 bits per heavy atom. The fourth-order valence-corrected chi connectivity index (χ4v) is 2.17. The Morgan fingerprint density at radius 1 is 1.31 bits per heavy atom. The molecule has 0 spiro atoms. The molecule has 1 aliphatic rings. The average molecular weight is 228 g/mol. The number of likely N-dealkylation sites (tertiary alicyclic amines) is 1. The number of ether oxygens (including phenoxy) is 1. The van der Waals surface area contributed by atoms with E-state index in [0.29, 0.717) is 0 Å². The van der Waals surface area contributed by atoms with Crippen LogP contribution in [-0.2, 0) is 4.74 Å². The number of nitrogens with zero attached hydrogens (tertiary/aromatic N) is 1. The van der Waals surface area contributed by atoms with E-state index in [1.54, 1.807) is 0 Å². The van der Waals surface area contributed by atoms with E-state index in [9.17, 15) is 0 Å². The van der Waals surface area contributed by atoms with Crippen LogP contribution in [0.4, 0.5) is 0 Å². The van der Waals surface area contributed by atoms with Gasteiger partial charge < -0.3 is 15.0 Å². The highest BCUT2D eigenvalue weighted by Gasteiger charge is 2.21. The van der Waals surface area contributed by atoms with Crippen LogP contribution >= 0.6 is 0 Å². The summed E-state index contributed by atoms with van der Waals surface area (Å²) in [5, 5.41) is 3.44. The Labute approximate surface area is 101 Å². The molecule has 3 nitrogen and oxygen atoms in total. The van der Waals surface area contributed by atoms with Gasteiger partial charge in [0.05, 0.1) is 6.61 Å². The molecular formula is C13H28N2O. The number of unbranched alkanes of at least 4 members (excludes halogenated alkanes) is 1. The molecule has 1 rings (SSSR count). The number of hydrogen-bond acceptors (Lipinski definition) is 3. The second-order valence-electron chi connectivity index (χ2n) is 4.73. The van der Waals surface area contributed by atoms with Crippen LogP contribution in [0.5, 0.6) is 0 Å². The minimum absolute atomic E-state index is 0.857. The van der Waals surface area contributed by atoms with Gasteiger partial charge in [-0.05, 0) is 38.4 Å². The van der Waals surface area contributed by atoms with Gasteiger partial charge in [-0.2, -0.15) is 0 Å². The molecule has 1 N–H and O–H groups in total. The van der Waals surface area contributed by atoms with E-state index < -0.39 is 0 Å². The summed E-state index contributed by atoms with van der Waals surface area (Å²) in [6.07, 6.45) is 3.78. The second-order valence-corrected chi connectivity index (χ2v) is 4.73. The van der Waals surface area contributed by atoms with Crippen LogP contribution in [0.3, 0.4) is 0 Å². The number of nitrogens with one attached hydrogen (secondary N) is 1. The zero-order chi connectivity index (χ0) is 11.6. The van der Waals surface area contributed by atoms with Crippen molar-refractivity contribution in [3.8, 4) is 0 Å². The lowest BCUT2D eigenvalue weighted by Crippen LogP contribution is -2.28. The van der Waals surface area contributed by atoms with Crippen molar-refractivity contribution in [2.75, 3.05) is 45.9 Å². The van der Waals surface area contributed by atoms with Crippen molar-refractivity contribution in [3.63, 3.8) is 0 Å². The Hall–Kier alpha value is -0.120. The largest absolute Gasteiger partial charge is 0.380 e. The maximum absolute atomic E-state index is 5.60.